The summed E-state index contributed by atoms with van der Waals surface area (Å²) < 4.78 is 12.9. The van der Waals surface area contributed by atoms with Crippen LogP contribution in [-0.4, -0.2) is 39.3 Å². The van der Waals surface area contributed by atoms with E-state index >= 15 is 0 Å². The minimum absolute atomic E-state index is 0.118. The molecule has 2 aromatic rings. The zero-order valence-corrected chi connectivity index (χ0v) is 12.4. The van der Waals surface area contributed by atoms with Crippen LogP contribution in [0.3, 0.4) is 0 Å². The fourth-order valence-electron chi connectivity index (χ4n) is 2.66. The number of rotatable bonds is 5. The molecule has 0 saturated heterocycles. The number of aromatic nitrogens is 4. The molecular formula is C13H17ClN4O2. The lowest BCUT2D eigenvalue weighted by molar-refractivity contribution is -0.0832. The first kappa shape index (κ1) is 13.6. The van der Waals surface area contributed by atoms with Gasteiger partial charge in [0.05, 0.1) is 25.1 Å². The fourth-order valence-corrected chi connectivity index (χ4v) is 2.87. The number of fused-ring (bicyclic) bond motifs is 1. The first-order valence-electron chi connectivity index (χ1n) is 6.58. The van der Waals surface area contributed by atoms with Crippen molar-refractivity contribution in [2.45, 2.75) is 37.3 Å². The quantitative estimate of drug-likeness (QED) is 0.791. The van der Waals surface area contributed by atoms with Gasteiger partial charge in [0.15, 0.2) is 11.2 Å². The molecule has 0 atom stereocenters. The highest BCUT2D eigenvalue weighted by Crippen LogP contribution is 2.38. The first-order chi connectivity index (χ1) is 9.73. The van der Waals surface area contributed by atoms with Crippen LogP contribution in [0.1, 0.15) is 25.1 Å². The molecule has 0 bridgehead atoms. The molecule has 1 aliphatic rings. The van der Waals surface area contributed by atoms with Crippen LogP contribution in [0.15, 0.2) is 6.33 Å². The number of nitrogens with zero attached hydrogens (tertiary/aromatic N) is 4. The summed E-state index contributed by atoms with van der Waals surface area (Å²) in [7, 11) is 3.33. The molecule has 0 aromatic carbocycles. The largest absolute Gasteiger partial charge is 0.479 e. The van der Waals surface area contributed by atoms with E-state index in [0.717, 1.165) is 24.3 Å². The monoisotopic (exact) mass is 296 g/mol. The maximum absolute atomic E-state index is 6.02. The normalized spacial score (nSPS) is 17.1. The number of imidazole rings is 1. The van der Waals surface area contributed by atoms with Crippen molar-refractivity contribution in [2.24, 2.45) is 0 Å². The number of hydrogen-bond donors (Lipinski definition) is 0. The van der Waals surface area contributed by atoms with E-state index in [0.29, 0.717) is 23.8 Å². The van der Waals surface area contributed by atoms with E-state index in [2.05, 4.69) is 15.0 Å². The minimum atomic E-state index is -0.118. The summed E-state index contributed by atoms with van der Waals surface area (Å²) in [5.41, 5.74) is 1.28. The zero-order chi connectivity index (χ0) is 14.2. The van der Waals surface area contributed by atoms with Crippen molar-refractivity contribution < 1.29 is 9.47 Å². The molecule has 2 heterocycles. The van der Waals surface area contributed by atoms with Crippen molar-refractivity contribution in [1.82, 2.24) is 19.5 Å². The summed E-state index contributed by atoms with van der Waals surface area (Å²) in [5, 5.41) is 0. The van der Waals surface area contributed by atoms with Gasteiger partial charge in [-0.05, 0) is 19.3 Å². The summed E-state index contributed by atoms with van der Waals surface area (Å²) in [6.07, 6.45) is 4.77. The number of hydrogen-bond acceptors (Lipinski definition) is 5. The van der Waals surface area contributed by atoms with Crippen LogP contribution >= 0.6 is 11.6 Å². The van der Waals surface area contributed by atoms with Crippen LogP contribution in [0.2, 0.25) is 0 Å². The lowest BCUT2D eigenvalue weighted by Crippen LogP contribution is -2.43. The Morgan fingerprint density at radius 2 is 2.15 bits per heavy atom. The van der Waals surface area contributed by atoms with Crippen molar-refractivity contribution in [3.63, 3.8) is 0 Å². The molecule has 2 aromatic heterocycles. The standard InChI is InChI=1S/C13H17ClN4O2/c1-19-12-10-11(15-8-16-12)18(9(6-14)17-10)7-13(20-2)4-3-5-13/h8H,3-7H2,1-2H3. The number of alkyl halides is 1. The smallest absolute Gasteiger partial charge is 0.245 e. The summed E-state index contributed by atoms with van der Waals surface area (Å²) in [5.74, 6) is 1.56. The highest BCUT2D eigenvalue weighted by Gasteiger charge is 2.38. The maximum Gasteiger partial charge on any atom is 0.245 e. The van der Waals surface area contributed by atoms with Crippen molar-refractivity contribution in [3.8, 4) is 5.88 Å². The Kier molecular flexibility index (Phi) is 3.52. The molecule has 3 rings (SSSR count). The summed E-state index contributed by atoms with van der Waals surface area (Å²) in [4.78, 5) is 12.9. The third-order valence-electron chi connectivity index (χ3n) is 4.03. The van der Waals surface area contributed by atoms with Crippen molar-refractivity contribution in [2.75, 3.05) is 14.2 Å². The Bertz CT molecular complexity index is 619. The van der Waals surface area contributed by atoms with Gasteiger partial charge in [0.1, 0.15) is 12.2 Å². The van der Waals surface area contributed by atoms with Crippen LogP contribution in [0.5, 0.6) is 5.88 Å². The predicted molar refractivity (Wildman–Crippen MR) is 75.0 cm³/mol. The summed E-state index contributed by atoms with van der Waals surface area (Å²) >= 11 is 6.02. The average molecular weight is 297 g/mol. The fraction of sp³-hybridized carbons (Fsp3) is 0.615. The summed E-state index contributed by atoms with van der Waals surface area (Å²) in [6.45, 7) is 0.711. The number of methoxy groups -OCH3 is 2. The van der Waals surface area contributed by atoms with Crippen LogP contribution in [0.25, 0.3) is 11.2 Å². The van der Waals surface area contributed by atoms with Gasteiger partial charge in [0.25, 0.3) is 0 Å². The lowest BCUT2D eigenvalue weighted by atomic mass is 9.80. The van der Waals surface area contributed by atoms with Crippen LogP contribution in [-0.2, 0) is 17.2 Å². The molecule has 1 aliphatic carbocycles. The molecule has 1 saturated carbocycles. The van der Waals surface area contributed by atoms with Gasteiger partial charge < -0.3 is 14.0 Å². The van der Waals surface area contributed by atoms with Gasteiger partial charge in [-0.25, -0.2) is 9.97 Å². The van der Waals surface area contributed by atoms with Gasteiger partial charge in [-0.1, -0.05) is 0 Å². The zero-order valence-electron chi connectivity index (χ0n) is 11.6. The van der Waals surface area contributed by atoms with Gasteiger partial charge in [-0.3, -0.25) is 0 Å². The van der Waals surface area contributed by atoms with Gasteiger partial charge in [-0.2, -0.15) is 4.98 Å². The van der Waals surface area contributed by atoms with Crippen molar-refractivity contribution >= 4 is 22.8 Å². The number of halogens is 1. The number of ether oxygens (including phenoxy) is 2. The lowest BCUT2D eigenvalue weighted by Gasteiger charge is -2.40. The third kappa shape index (κ3) is 2.03. The molecule has 7 heteroatoms. The Hall–Kier alpha value is -1.40. The van der Waals surface area contributed by atoms with Gasteiger partial charge in [0, 0.05) is 7.11 Å². The third-order valence-corrected chi connectivity index (χ3v) is 4.27. The van der Waals surface area contributed by atoms with Gasteiger partial charge in [0.2, 0.25) is 5.88 Å². The van der Waals surface area contributed by atoms with E-state index in [-0.39, 0.29) is 5.60 Å². The van der Waals surface area contributed by atoms with Gasteiger partial charge in [-0.15, -0.1) is 11.6 Å². The molecule has 0 unspecified atom stereocenters. The molecule has 108 valence electrons. The Morgan fingerprint density at radius 1 is 1.35 bits per heavy atom. The van der Waals surface area contributed by atoms with E-state index in [1.165, 1.54) is 12.7 Å². The van der Waals surface area contributed by atoms with Gasteiger partial charge >= 0.3 is 0 Å². The topological polar surface area (TPSA) is 62.1 Å². The van der Waals surface area contributed by atoms with Crippen LogP contribution in [0.4, 0.5) is 0 Å². The van der Waals surface area contributed by atoms with E-state index in [4.69, 9.17) is 21.1 Å². The second-order valence-corrected chi connectivity index (χ2v) is 5.31. The minimum Gasteiger partial charge on any atom is -0.479 e. The molecule has 0 amide bonds. The highest BCUT2D eigenvalue weighted by molar-refractivity contribution is 6.16. The molecule has 0 aliphatic heterocycles. The second kappa shape index (κ2) is 5.18. The van der Waals surface area contributed by atoms with Crippen molar-refractivity contribution in [3.05, 3.63) is 12.2 Å². The first-order valence-corrected chi connectivity index (χ1v) is 7.12. The molecule has 20 heavy (non-hydrogen) atoms. The molecule has 0 spiro atoms. The second-order valence-electron chi connectivity index (χ2n) is 5.04. The SMILES string of the molecule is COc1ncnc2c1nc(CCl)n2CC1(OC)CCC1. The summed E-state index contributed by atoms with van der Waals surface area (Å²) in [6, 6.07) is 0. The average Bonchev–Trinajstić information content (AvgIpc) is 2.80. The molecular weight excluding hydrogens is 280 g/mol. The maximum atomic E-state index is 6.02. The van der Waals surface area contributed by atoms with E-state index in [1.54, 1.807) is 14.2 Å². The van der Waals surface area contributed by atoms with Crippen molar-refractivity contribution in [1.29, 1.82) is 0 Å². The van der Waals surface area contributed by atoms with E-state index in [9.17, 15) is 0 Å². The molecule has 0 N–H and O–H groups in total. The Morgan fingerprint density at radius 3 is 2.70 bits per heavy atom. The Balaban J connectivity index is 2.08. The highest BCUT2D eigenvalue weighted by atomic mass is 35.5. The molecule has 6 nitrogen and oxygen atoms in total. The Labute approximate surface area is 122 Å². The molecule has 1 fully saturated rings. The van der Waals surface area contributed by atoms with E-state index in [1.807, 2.05) is 4.57 Å². The van der Waals surface area contributed by atoms with Crippen LogP contribution in [0, 0.1) is 0 Å². The van der Waals surface area contributed by atoms with Crippen LogP contribution < -0.4 is 4.74 Å². The predicted octanol–water partition coefficient (Wildman–Crippen LogP) is 2.14. The van der Waals surface area contributed by atoms with E-state index < -0.39 is 0 Å². The molecule has 0 radical (unpaired) electrons.